The number of halogens is 1. The molecule has 0 radical (unpaired) electrons. The van der Waals surface area contributed by atoms with Crippen LogP contribution in [-0.4, -0.2) is 46.7 Å². The number of nitrogens with zero attached hydrogens (tertiary/aromatic N) is 3. The maximum atomic E-state index is 12.7. The van der Waals surface area contributed by atoms with E-state index in [1.165, 1.54) is 11.3 Å². The van der Waals surface area contributed by atoms with Gasteiger partial charge in [-0.2, -0.15) is 0 Å². The maximum Gasteiger partial charge on any atom is 0.275 e. The molecule has 1 N–H and O–H groups in total. The van der Waals surface area contributed by atoms with Crippen molar-refractivity contribution < 1.29 is 9.53 Å². The van der Waals surface area contributed by atoms with Crippen LogP contribution in [0.1, 0.15) is 16.2 Å². The molecule has 0 aliphatic carbocycles. The lowest BCUT2D eigenvalue weighted by atomic mass is 10.2. The van der Waals surface area contributed by atoms with Crippen molar-refractivity contribution >= 4 is 44.9 Å². The number of benzene rings is 1. The fourth-order valence-electron chi connectivity index (χ4n) is 3.18. The molecule has 0 saturated carbocycles. The van der Waals surface area contributed by atoms with Gasteiger partial charge in [-0.15, -0.1) is 11.3 Å². The number of aryl methyl sites for hydroxylation is 1. The van der Waals surface area contributed by atoms with E-state index in [0.29, 0.717) is 15.8 Å². The zero-order valence-electron chi connectivity index (χ0n) is 14.4. The molecule has 26 heavy (non-hydrogen) atoms. The van der Waals surface area contributed by atoms with Crippen LogP contribution in [0.2, 0.25) is 5.02 Å². The van der Waals surface area contributed by atoms with Gasteiger partial charge in [0.1, 0.15) is 5.69 Å². The molecule has 2 aromatic heterocycles. The first-order valence-corrected chi connectivity index (χ1v) is 9.68. The lowest BCUT2D eigenvalue weighted by Crippen LogP contribution is -2.35. The highest BCUT2D eigenvalue weighted by Crippen LogP contribution is 2.30. The van der Waals surface area contributed by atoms with E-state index < -0.39 is 0 Å². The number of rotatable bonds is 4. The van der Waals surface area contributed by atoms with Crippen molar-refractivity contribution in [3.63, 3.8) is 0 Å². The molecule has 1 amide bonds. The molecule has 0 atom stereocenters. The predicted molar refractivity (Wildman–Crippen MR) is 104 cm³/mol. The van der Waals surface area contributed by atoms with Crippen LogP contribution < -0.4 is 5.32 Å². The Hall–Kier alpha value is -1.93. The molecule has 3 aromatic rings. The van der Waals surface area contributed by atoms with Crippen molar-refractivity contribution in [3.8, 4) is 0 Å². The van der Waals surface area contributed by atoms with Gasteiger partial charge in [0, 0.05) is 43.0 Å². The molecule has 3 heterocycles. The van der Waals surface area contributed by atoms with Crippen LogP contribution in [0.3, 0.4) is 0 Å². The van der Waals surface area contributed by atoms with E-state index in [4.69, 9.17) is 16.3 Å². The Kier molecular flexibility index (Phi) is 4.95. The predicted octanol–water partition coefficient (Wildman–Crippen LogP) is 3.37. The minimum absolute atomic E-state index is 0.249. The number of morpholine rings is 1. The van der Waals surface area contributed by atoms with E-state index in [0.717, 1.165) is 49.4 Å². The number of hydrogen-bond donors (Lipinski definition) is 1. The van der Waals surface area contributed by atoms with Gasteiger partial charge >= 0.3 is 0 Å². The Morgan fingerprint density at radius 2 is 2.12 bits per heavy atom. The van der Waals surface area contributed by atoms with Crippen LogP contribution in [-0.2, 0) is 18.3 Å². The molecule has 136 valence electrons. The van der Waals surface area contributed by atoms with Crippen molar-refractivity contribution in [1.29, 1.82) is 0 Å². The van der Waals surface area contributed by atoms with Gasteiger partial charge in [0.15, 0.2) is 5.13 Å². The minimum Gasteiger partial charge on any atom is -0.379 e. The molecule has 1 aliphatic rings. The molecular weight excluding hydrogens is 372 g/mol. The molecule has 4 rings (SSSR count). The van der Waals surface area contributed by atoms with Gasteiger partial charge in [0.25, 0.3) is 5.91 Å². The number of carbonyl (C=O) groups excluding carboxylic acids is 1. The highest BCUT2D eigenvalue weighted by atomic mass is 35.5. The van der Waals surface area contributed by atoms with E-state index in [9.17, 15) is 4.79 Å². The molecule has 0 spiro atoms. The van der Waals surface area contributed by atoms with E-state index in [1.807, 2.05) is 41.3 Å². The number of carbonyl (C=O) groups is 1. The molecule has 1 saturated heterocycles. The summed E-state index contributed by atoms with van der Waals surface area (Å²) in [4.78, 5) is 19.6. The summed E-state index contributed by atoms with van der Waals surface area (Å²) in [5, 5.41) is 6.77. The van der Waals surface area contributed by atoms with Gasteiger partial charge in [-0.1, -0.05) is 29.8 Å². The summed E-state index contributed by atoms with van der Waals surface area (Å²) in [5.74, 6) is -0.249. The van der Waals surface area contributed by atoms with Crippen LogP contribution in [0.25, 0.3) is 10.9 Å². The SMILES string of the molecule is Cn1c(C(=O)Nc2nc(CN3CCOCC3)cs2)c(Cl)c2ccccc21. The fraction of sp³-hybridized carbons (Fsp3) is 0.333. The van der Waals surface area contributed by atoms with Crippen molar-refractivity contribution in [3.05, 3.63) is 46.1 Å². The number of fused-ring (bicyclic) bond motifs is 1. The van der Waals surface area contributed by atoms with Crippen molar-refractivity contribution in [2.75, 3.05) is 31.6 Å². The van der Waals surface area contributed by atoms with Crippen LogP contribution in [0, 0.1) is 0 Å². The molecule has 0 bridgehead atoms. The second-order valence-electron chi connectivity index (χ2n) is 6.23. The number of ether oxygens (including phenoxy) is 1. The average molecular weight is 391 g/mol. The Labute approximate surface area is 160 Å². The highest BCUT2D eigenvalue weighted by Gasteiger charge is 2.21. The minimum atomic E-state index is -0.249. The van der Waals surface area contributed by atoms with Crippen LogP contribution in [0.15, 0.2) is 29.6 Å². The number of amides is 1. The summed E-state index contributed by atoms with van der Waals surface area (Å²) in [6.07, 6.45) is 0. The van der Waals surface area contributed by atoms with Crippen LogP contribution >= 0.6 is 22.9 Å². The Morgan fingerprint density at radius 3 is 2.88 bits per heavy atom. The van der Waals surface area contributed by atoms with Crippen molar-refractivity contribution in [1.82, 2.24) is 14.5 Å². The zero-order chi connectivity index (χ0) is 18.1. The smallest absolute Gasteiger partial charge is 0.275 e. The molecule has 8 heteroatoms. The van der Waals surface area contributed by atoms with Crippen LogP contribution in [0.4, 0.5) is 5.13 Å². The first-order valence-electron chi connectivity index (χ1n) is 8.42. The van der Waals surface area contributed by atoms with E-state index >= 15 is 0 Å². The molecule has 1 aromatic carbocycles. The lowest BCUT2D eigenvalue weighted by Gasteiger charge is -2.25. The number of hydrogen-bond acceptors (Lipinski definition) is 5. The molecular formula is C18H19ClN4O2S. The first kappa shape index (κ1) is 17.5. The largest absolute Gasteiger partial charge is 0.379 e. The summed E-state index contributed by atoms with van der Waals surface area (Å²) in [5.41, 5.74) is 2.32. The van der Waals surface area contributed by atoms with Crippen molar-refractivity contribution in [2.24, 2.45) is 7.05 Å². The fourth-order valence-corrected chi connectivity index (χ4v) is 4.25. The summed E-state index contributed by atoms with van der Waals surface area (Å²) >= 11 is 7.87. The van der Waals surface area contributed by atoms with E-state index in [1.54, 1.807) is 0 Å². The van der Waals surface area contributed by atoms with E-state index in [-0.39, 0.29) is 5.91 Å². The lowest BCUT2D eigenvalue weighted by molar-refractivity contribution is 0.0337. The maximum absolute atomic E-state index is 12.7. The molecule has 0 unspecified atom stereocenters. The number of anilines is 1. The second kappa shape index (κ2) is 7.36. The molecule has 1 fully saturated rings. The topological polar surface area (TPSA) is 59.4 Å². The standard InChI is InChI=1S/C18H19ClN4O2S/c1-22-14-5-3-2-4-13(14)15(19)16(22)17(24)21-18-20-12(11-26-18)10-23-6-8-25-9-7-23/h2-5,11H,6-10H2,1H3,(H,20,21,24). The zero-order valence-corrected chi connectivity index (χ0v) is 15.9. The quantitative estimate of drug-likeness (QED) is 0.742. The highest BCUT2D eigenvalue weighted by molar-refractivity contribution is 7.14. The Balaban J connectivity index is 1.50. The Bertz CT molecular complexity index is 907. The normalized spacial score (nSPS) is 15.5. The molecule has 6 nitrogen and oxygen atoms in total. The average Bonchev–Trinajstić information content (AvgIpc) is 3.19. The van der Waals surface area contributed by atoms with Gasteiger partial charge in [-0.05, 0) is 6.07 Å². The number of nitrogens with one attached hydrogen (secondary N) is 1. The first-order chi connectivity index (χ1) is 12.6. The summed E-state index contributed by atoms with van der Waals surface area (Å²) < 4.78 is 7.18. The van der Waals surface area contributed by atoms with Gasteiger partial charge in [-0.3, -0.25) is 15.0 Å². The summed E-state index contributed by atoms with van der Waals surface area (Å²) in [6.45, 7) is 4.10. The number of para-hydroxylation sites is 1. The van der Waals surface area contributed by atoms with Crippen LogP contribution in [0.5, 0.6) is 0 Å². The van der Waals surface area contributed by atoms with Gasteiger partial charge in [-0.25, -0.2) is 4.98 Å². The van der Waals surface area contributed by atoms with E-state index in [2.05, 4.69) is 15.2 Å². The van der Waals surface area contributed by atoms with Gasteiger partial charge in [0.05, 0.1) is 23.9 Å². The third-order valence-electron chi connectivity index (χ3n) is 4.52. The molecule has 1 aliphatic heterocycles. The third kappa shape index (κ3) is 3.35. The van der Waals surface area contributed by atoms with Gasteiger partial charge < -0.3 is 9.30 Å². The second-order valence-corrected chi connectivity index (χ2v) is 7.46. The Morgan fingerprint density at radius 1 is 1.35 bits per heavy atom. The summed E-state index contributed by atoms with van der Waals surface area (Å²) in [7, 11) is 1.84. The van der Waals surface area contributed by atoms with Gasteiger partial charge in [0.2, 0.25) is 0 Å². The van der Waals surface area contributed by atoms with Crippen molar-refractivity contribution in [2.45, 2.75) is 6.54 Å². The number of aromatic nitrogens is 2. The third-order valence-corrected chi connectivity index (χ3v) is 5.71. The summed E-state index contributed by atoms with van der Waals surface area (Å²) in [6, 6.07) is 7.70. The monoisotopic (exact) mass is 390 g/mol. The number of thiazole rings is 1.